The average molecular weight is 249 g/mol. The molecule has 1 amide bonds. The zero-order valence-corrected chi connectivity index (χ0v) is 10.5. The van der Waals surface area contributed by atoms with Crippen LogP contribution in [-0.2, 0) is 4.79 Å². The Labute approximate surface area is 104 Å². The average Bonchev–Trinajstić information content (AvgIpc) is 2.75. The van der Waals surface area contributed by atoms with Gasteiger partial charge in [0, 0.05) is 21.1 Å². The van der Waals surface area contributed by atoms with Crippen LogP contribution in [0.4, 0.5) is 11.8 Å². The number of hydrogen-bond donors (Lipinski definition) is 2. The molecule has 0 spiro atoms. The fraction of sp³-hybridized carbons (Fsp3) is 0.400. The van der Waals surface area contributed by atoms with E-state index in [0.717, 1.165) is 5.39 Å². The summed E-state index contributed by atoms with van der Waals surface area (Å²) in [4.78, 5) is 23.1. The Morgan fingerprint density at radius 3 is 2.78 bits per heavy atom. The summed E-state index contributed by atoms with van der Waals surface area (Å²) in [6.07, 6.45) is 1.61. The summed E-state index contributed by atoms with van der Waals surface area (Å²) < 4.78 is 0. The number of aromatic nitrogens is 4. The highest BCUT2D eigenvalue weighted by atomic mass is 16.2. The van der Waals surface area contributed by atoms with Gasteiger partial charge in [-0.3, -0.25) is 9.89 Å². The maximum absolute atomic E-state index is 11.7. The Morgan fingerprint density at radius 2 is 2.11 bits per heavy atom. The second kappa shape index (κ2) is 4.47. The van der Waals surface area contributed by atoms with Crippen molar-refractivity contribution >= 4 is 28.7 Å². The van der Waals surface area contributed by atoms with E-state index in [2.05, 4.69) is 20.2 Å². The number of amides is 1. The SMILES string of the molecule is CN(C)C(=O)CN(C)c1nc(N)nc2[nH]ncc12. The molecular formula is C10H15N7O. The first-order valence-electron chi connectivity index (χ1n) is 5.37. The van der Waals surface area contributed by atoms with Crippen LogP contribution >= 0.6 is 0 Å². The molecule has 2 heterocycles. The molecule has 96 valence electrons. The van der Waals surface area contributed by atoms with Crippen LogP contribution in [-0.4, -0.2) is 58.7 Å². The van der Waals surface area contributed by atoms with Gasteiger partial charge in [0.05, 0.1) is 18.1 Å². The lowest BCUT2D eigenvalue weighted by Gasteiger charge is -2.20. The molecule has 2 aromatic heterocycles. The minimum Gasteiger partial charge on any atom is -0.368 e. The van der Waals surface area contributed by atoms with Crippen LogP contribution in [0, 0.1) is 0 Å². The van der Waals surface area contributed by atoms with Gasteiger partial charge in [-0.1, -0.05) is 0 Å². The quantitative estimate of drug-likeness (QED) is 0.757. The third kappa shape index (κ3) is 2.17. The van der Waals surface area contributed by atoms with Gasteiger partial charge < -0.3 is 15.5 Å². The summed E-state index contributed by atoms with van der Waals surface area (Å²) in [6.45, 7) is 0.212. The predicted octanol–water partition coefficient (Wildman–Crippen LogP) is -0.540. The van der Waals surface area contributed by atoms with Gasteiger partial charge >= 0.3 is 0 Å². The molecular weight excluding hydrogens is 234 g/mol. The van der Waals surface area contributed by atoms with Crippen molar-refractivity contribution in [3.05, 3.63) is 6.20 Å². The van der Waals surface area contributed by atoms with Crippen molar-refractivity contribution in [1.82, 2.24) is 25.1 Å². The number of carbonyl (C=O) groups excluding carboxylic acids is 1. The fourth-order valence-corrected chi connectivity index (χ4v) is 1.55. The zero-order valence-electron chi connectivity index (χ0n) is 10.5. The fourth-order valence-electron chi connectivity index (χ4n) is 1.55. The van der Waals surface area contributed by atoms with Crippen molar-refractivity contribution in [1.29, 1.82) is 0 Å². The van der Waals surface area contributed by atoms with Gasteiger partial charge in [-0.2, -0.15) is 15.1 Å². The smallest absolute Gasteiger partial charge is 0.241 e. The number of nitrogens with one attached hydrogen (secondary N) is 1. The first-order valence-corrected chi connectivity index (χ1v) is 5.37. The number of rotatable bonds is 3. The van der Waals surface area contributed by atoms with Crippen LogP contribution in [0.5, 0.6) is 0 Å². The number of hydrogen-bond acceptors (Lipinski definition) is 6. The highest BCUT2D eigenvalue weighted by Crippen LogP contribution is 2.21. The van der Waals surface area contributed by atoms with Crippen molar-refractivity contribution in [3.8, 4) is 0 Å². The number of likely N-dealkylation sites (N-methyl/N-ethyl adjacent to an activating group) is 2. The number of anilines is 2. The Kier molecular flexibility index (Phi) is 3.00. The summed E-state index contributed by atoms with van der Waals surface area (Å²) >= 11 is 0. The molecule has 0 atom stereocenters. The van der Waals surface area contributed by atoms with Crippen LogP contribution in [0.15, 0.2) is 6.20 Å². The highest BCUT2D eigenvalue weighted by molar-refractivity contribution is 5.90. The molecule has 0 aromatic carbocycles. The molecule has 0 aliphatic carbocycles. The molecule has 0 radical (unpaired) electrons. The standard InChI is InChI=1S/C10H15N7O/c1-16(2)7(18)5-17(3)9-6-4-12-15-8(6)13-10(11)14-9/h4H,5H2,1-3H3,(H3,11,12,13,14,15). The highest BCUT2D eigenvalue weighted by Gasteiger charge is 2.15. The third-order valence-electron chi connectivity index (χ3n) is 2.54. The molecule has 0 saturated carbocycles. The van der Waals surface area contributed by atoms with E-state index in [4.69, 9.17) is 5.73 Å². The van der Waals surface area contributed by atoms with Gasteiger partial charge in [0.15, 0.2) is 5.65 Å². The van der Waals surface area contributed by atoms with E-state index in [1.54, 1.807) is 32.2 Å². The number of carbonyl (C=O) groups is 1. The van der Waals surface area contributed by atoms with Gasteiger partial charge in [-0.15, -0.1) is 0 Å². The summed E-state index contributed by atoms with van der Waals surface area (Å²) in [5.41, 5.74) is 6.18. The molecule has 2 aromatic rings. The van der Waals surface area contributed by atoms with Crippen molar-refractivity contribution in [2.24, 2.45) is 0 Å². The number of aromatic amines is 1. The predicted molar refractivity (Wildman–Crippen MR) is 68.1 cm³/mol. The molecule has 0 bridgehead atoms. The number of nitrogens with zero attached hydrogens (tertiary/aromatic N) is 5. The normalized spacial score (nSPS) is 10.6. The molecule has 8 nitrogen and oxygen atoms in total. The van der Waals surface area contributed by atoms with Crippen LogP contribution < -0.4 is 10.6 Å². The molecule has 0 aliphatic heterocycles. The minimum absolute atomic E-state index is 0.0219. The van der Waals surface area contributed by atoms with Crippen molar-refractivity contribution in [2.45, 2.75) is 0 Å². The van der Waals surface area contributed by atoms with Gasteiger partial charge in [-0.05, 0) is 0 Å². The van der Waals surface area contributed by atoms with E-state index >= 15 is 0 Å². The van der Waals surface area contributed by atoms with Crippen molar-refractivity contribution in [3.63, 3.8) is 0 Å². The largest absolute Gasteiger partial charge is 0.368 e. The maximum atomic E-state index is 11.7. The Hall–Kier alpha value is -2.38. The Morgan fingerprint density at radius 1 is 1.39 bits per heavy atom. The van der Waals surface area contributed by atoms with E-state index in [1.165, 1.54) is 4.90 Å². The summed E-state index contributed by atoms with van der Waals surface area (Å²) in [5.74, 6) is 0.707. The van der Waals surface area contributed by atoms with E-state index in [1.807, 2.05) is 0 Å². The number of nitrogen functional groups attached to an aromatic ring is 1. The van der Waals surface area contributed by atoms with Crippen LogP contribution in [0.25, 0.3) is 11.0 Å². The first-order chi connectivity index (χ1) is 8.49. The molecule has 0 aliphatic rings. The van der Waals surface area contributed by atoms with E-state index in [-0.39, 0.29) is 18.4 Å². The van der Waals surface area contributed by atoms with Gasteiger partial charge in [-0.25, -0.2) is 0 Å². The second-order valence-corrected chi connectivity index (χ2v) is 4.18. The second-order valence-electron chi connectivity index (χ2n) is 4.18. The van der Waals surface area contributed by atoms with Crippen LogP contribution in [0.1, 0.15) is 0 Å². The molecule has 3 N–H and O–H groups in total. The maximum Gasteiger partial charge on any atom is 0.241 e. The zero-order chi connectivity index (χ0) is 13.3. The van der Waals surface area contributed by atoms with Crippen LogP contribution in [0.2, 0.25) is 0 Å². The van der Waals surface area contributed by atoms with Crippen LogP contribution in [0.3, 0.4) is 0 Å². The van der Waals surface area contributed by atoms with Gasteiger partial charge in [0.25, 0.3) is 0 Å². The lowest BCUT2D eigenvalue weighted by atomic mass is 10.3. The van der Waals surface area contributed by atoms with Crippen molar-refractivity contribution < 1.29 is 4.79 Å². The summed E-state index contributed by atoms with van der Waals surface area (Å²) in [5, 5.41) is 7.36. The lowest BCUT2D eigenvalue weighted by molar-refractivity contribution is -0.127. The molecule has 0 fully saturated rings. The van der Waals surface area contributed by atoms with E-state index in [9.17, 15) is 4.79 Å². The van der Waals surface area contributed by atoms with Gasteiger partial charge in [0.2, 0.25) is 11.9 Å². The van der Waals surface area contributed by atoms with E-state index in [0.29, 0.717) is 11.5 Å². The monoisotopic (exact) mass is 249 g/mol. The molecule has 18 heavy (non-hydrogen) atoms. The van der Waals surface area contributed by atoms with Crippen molar-refractivity contribution in [2.75, 3.05) is 38.3 Å². The number of H-pyrrole nitrogens is 1. The number of nitrogens with two attached hydrogens (primary N) is 1. The minimum atomic E-state index is -0.0219. The first kappa shape index (κ1) is 12.1. The molecule has 2 rings (SSSR count). The Bertz CT molecular complexity index is 577. The molecule has 8 heteroatoms. The summed E-state index contributed by atoms with van der Waals surface area (Å²) in [6, 6.07) is 0. The van der Waals surface area contributed by atoms with Gasteiger partial charge in [0.1, 0.15) is 5.82 Å². The third-order valence-corrected chi connectivity index (χ3v) is 2.54. The molecule has 0 unspecified atom stereocenters. The topological polar surface area (TPSA) is 104 Å². The molecule has 0 saturated heterocycles. The number of fused-ring (bicyclic) bond motifs is 1. The summed E-state index contributed by atoms with van der Waals surface area (Å²) in [7, 11) is 5.19. The lowest BCUT2D eigenvalue weighted by Crippen LogP contribution is -2.34. The Balaban J connectivity index is 2.35. The van der Waals surface area contributed by atoms with E-state index < -0.39 is 0 Å².